The van der Waals surface area contributed by atoms with Crippen LogP contribution in [0.2, 0.25) is 0 Å². The maximum Gasteiger partial charge on any atom is 0.155 e. The maximum atomic E-state index is 4.68. The number of hydrogen-bond donors (Lipinski definition) is 2. The van der Waals surface area contributed by atoms with E-state index in [1.54, 1.807) is 17.2 Å². The van der Waals surface area contributed by atoms with Crippen molar-refractivity contribution < 1.29 is 0 Å². The number of fused-ring (bicyclic) bond motifs is 2. The molecule has 176 valence electrons. The van der Waals surface area contributed by atoms with Crippen molar-refractivity contribution in [1.82, 2.24) is 34.9 Å². The van der Waals surface area contributed by atoms with Crippen molar-refractivity contribution in [1.29, 1.82) is 0 Å². The fourth-order valence-electron chi connectivity index (χ4n) is 4.68. The summed E-state index contributed by atoms with van der Waals surface area (Å²) in [4.78, 5) is 20.3. The molecule has 0 radical (unpaired) electrons. The smallest absolute Gasteiger partial charge is 0.155 e. The topological polar surface area (TPSA) is 96.2 Å². The second-order valence-electron chi connectivity index (χ2n) is 9.07. The van der Waals surface area contributed by atoms with Crippen molar-refractivity contribution in [3.8, 4) is 0 Å². The van der Waals surface area contributed by atoms with E-state index in [0.717, 1.165) is 59.9 Å². The van der Waals surface area contributed by atoms with E-state index in [2.05, 4.69) is 90.8 Å². The van der Waals surface area contributed by atoms with Gasteiger partial charge in [-0.2, -0.15) is 5.10 Å². The van der Waals surface area contributed by atoms with Crippen molar-refractivity contribution >= 4 is 33.9 Å². The van der Waals surface area contributed by atoms with Crippen LogP contribution in [0.15, 0.2) is 61.4 Å². The predicted octanol–water partition coefficient (Wildman–Crippen LogP) is 3.51. The largest absolute Gasteiger partial charge is 0.351 e. The van der Waals surface area contributed by atoms with Crippen LogP contribution >= 0.6 is 0 Å². The zero-order valence-corrected chi connectivity index (χ0v) is 19.8. The van der Waals surface area contributed by atoms with Crippen molar-refractivity contribution in [2.75, 3.05) is 29.9 Å². The molecule has 5 heterocycles. The average molecular weight is 466 g/mol. The van der Waals surface area contributed by atoms with Crippen LogP contribution < -0.4 is 15.5 Å². The molecule has 1 aliphatic heterocycles. The number of anilines is 3. The molecule has 0 unspecified atom stereocenters. The molecule has 1 aliphatic rings. The lowest BCUT2D eigenvalue weighted by atomic mass is 10.0. The number of nitrogens with zero attached hydrogens (tertiary/aromatic N) is 7. The van der Waals surface area contributed by atoms with E-state index in [-0.39, 0.29) is 0 Å². The second kappa shape index (κ2) is 8.92. The summed E-state index contributed by atoms with van der Waals surface area (Å²) in [5.41, 5.74) is 6.37. The number of hydrogen-bond acceptors (Lipinski definition) is 8. The van der Waals surface area contributed by atoms with E-state index < -0.39 is 0 Å². The second-order valence-corrected chi connectivity index (χ2v) is 9.07. The molecule has 6 rings (SSSR count). The Morgan fingerprint density at radius 2 is 2.00 bits per heavy atom. The highest BCUT2D eigenvalue weighted by molar-refractivity contribution is 5.91. The quantitative estimate of drug-likeness (QED) is 0.407. The van der Waals surface area contributed by atoms with Gasteiger partial charge in [-0.25, -0.2) is 24.5 Å². The fourth-order valence-corrected chi connectivity index (χ4v) is 4.68. The molecule has 1 fully saturated rings. The Balaban J connectivity index is 1.26. The van der Waals surface area contributed by atoms with E-state index in [0.29, 0.717) is 6.04 Å². The van der Waals surface area contributed by atoms with Gasteiger partial charge in [0.05, 0.1) is 11.7 Å². The zero-order valence-electron chi connectivity index (χ0n) is 19.8. The van der Waals surface area contributed by atoms with Gasteiger partial charge in [-0.1, -0.05) is 6.07 Å². The Bertz CT molecular complexity index is 1510. The van der Waals surface area contributed by atoms with Crippen LogP contribution in [0, 0.1) is 6.92 Å². The maximum absolute atomic E-state index is 4.68. The van der Waals surface area contributed by atoms with Gasteiger partial charge in [0.2, 0.25) is 0 Å². The number of benzene rings is 1. The molecule has 9 heteroatoms. The summed E-state index contributed by atoms with van der Waals surface area (Å²) in [6.07, 6.45) is 7.79. The van der Waals surface area contributed by atoms with Crippen LogP contribution in [0.5, 0.6) is 0 Å². The minimum Gasteiger partial charge on any atom is -0.351 e. The van der Waals surface area contributed by atoms with Crippen LogP contribution in [0.25, 0.3) is 16.6 Å². The fraction of sp³-hybridized carbons (Fsp3) is 0.269. The Hall–Kier alpha value is -4.11. The summed E-state index contributed by atoms with van der Waals surface area (Å²) in [7, 11) is 0. The normalized spacial score (nSPS) is 16.2. The van der Waals surface area contributed by atoms with E-state index in [9.17, 15) is 0 Å². The Labute approximate surface area is 203 Å². The van der Waals surface area contributed by atoms with Crippen molar-refractivity contribution in [2.45, 2.75) is 26.3 Å². The molecular formula is C26H27N9. The van der Waals surface area contributed by atoms with Crippen molar-refractivity contribution in [3.63, 3.8) is 0 Å². The first-order valence-corrected chi connectivity index (χ1v) is 11.9. The van der Waals surface area contributed by atoms with Crippen LogP contribution in [0.4, 0.5) is 17.3 Å². The third-order valence-electron chi connectivity index (χ3n) is 6.65. The molecule has 1 aromatic carbocycles. The SMILES string of the molecule is Cc1cc(Nc2ncnc3cnc(N4CCNC[C@@H]4C)cc23)ccc1Cc1ccn2ncnc2c1. The molecule has 1 saturated heterocycles. The molecule has 5 aromatic rings. The van der Waals surface area contributed by atoms with Gasteiger partial charge < -0.3 is 15.5 Å². The number of rotatable bonds is 5. The molecule has 0 spiro atoms. The highest BCUT2D eigenvalue weighted by atomic mass is 15.3. The van der Waals surface area contributed by atoms with Gasteiger partial charge in [-0.3, -0.25) is 0 Å². The Morgan fingerprint density at radius 3 is 2.89 bits per heavy atom. The third kappa shape index (κ3) is 4.26. The number of aromatic nitrogens is 6. The lowest BCUT2D eigenvalue weighted by molar-refractivity contribution is 0.497. The molecule has 0 aliphatic carbocycles. The number of piperazine rings is 1. The first-order valence-electron chi connectivity index (χ1n) is 11.9. The highest BCUT2D eigenvalue weighted by Crippen LogP contribution is 2.28. The molecule has 0 saturated carbocycles. The van der Waals surface area contributed by atoms with Gasteiger partial charge in [0.25, 0.3) is 0 Å². The lowest BCUT2D eigenvalue weighted by Crippen LogP contribution is -2.50. The Kier molecular flexibility index (Phi) is 5.46. The molecule has 4 aromatic heterocycles. The van der Waals surface area contributed by atoms with E-state index in [1.165, 1.54) is 16.7 Å². The van der Waals surface area contributed by atoms with Gasteiger partial charge in [-0.15, -0.1) is 0 Å². The number of nitrogens with one attached hydrogen (secondary N) is 2. The summed E-state index contributed by atoms with van der Waals surface area (Å²) in [5, 5.41) is 12.1. The predicted molar refractivity (Wildman–Crippen MR) is 137 cm³/mol. The molecule has 0 bridgehead atoms. The lowest BCUT2D eigenvalue weighted by Gasteiger charge is -2.35. The Morgan fingerprint density at radius 1 is 1.06 bits per heavy atom. The van der Waals surface area contributed by atoms with Crippen LogP contribution in [0.1, 0.15) is 23.6 Å². The minimum atomic E-state index is 0.385. The van der Waals surface area contributed by atoms with Gasteiger partial charge in [0, 0.05) is 42.9 Å². The standard InChI is InChI=1S/C26H27N9/c1-17-9-21(4-3-20(17)10-19-5-7-35-25(11-19)30-16-32-35)33-26-22-12-24(28-14-23(22)29-15-31-26)34-8-6-27-13-18(34)2/h3-5,7,9,11-12,14-16,18,27H,6,8,10,13H2,1-2H3,(H,29,31,33)/t18-/m0/s1. The van der Waals surface area contributed by atoms with Crippen LogP contribution in [-0.4, -0.2) is 55.2 Å². The van der Waals surface area contributed by atoms with Crippen molar-refractivity contribution in [2.24, 2.45) is 0 Å². The minimum absolute atomic E-state index is 0.385. The first-order chi connectivity index (χ1) is 17.1. The number of aryl methyl sites for hydroxylation is 1. The monoisotopic (exact) mass is 465 g/mol. The zero-order chi connectivity index (χ0) is 23.8. The van der Waals surface area contributed by atoms with Gasteiger partial charge in [0.1, 0.15) is 24.3 Å². The first kappa shape index (κ1) is 21.4. The van der Waals surface area contributed by atoms with Gasteiger partial charge in [0.15, 0.2) is 5.65 Å². The van der Waals surface area contributed by atoms with E-state index in [1.807, 2.05) is 12.4 Å². The summed E-state index contributed by atoms with van der Waals surface area (Å²) < 4.78 is 1.78. The van der Waals surface area contributed by atoms with E-state index >= 15 is 0 Å². The third-order valence-corrected chi connectivity index (χ3v) is 6.65. The average Bonchev–Trinajstić information content (AvgIpc) is 3.34. The van der Waals surface area contributed by atoms with Crippen LogP contribution in [0.3, 0.4) is 0 Å². The van der Waals surface area contributed by atoms with Gasteiger partial charge in [-0.05, 0) is 67.3 Å². The molecule has 9 nitrogen and oxygen atoms in total. The van der Waals surface area contributed by atoms with Crippen molar-refractivity contribution in [3.05, 3.63) is 78.1 Å². The van der Waals surface area contributed by atoms with E-state index in [4.69, 9.17) is 0 Å². The number of pyridine rings is 2. The molecular weight excluding hydrogens is 438 g/mol. The highest BCUT2D eigenvalue weighted by Gasteiger charge is 2.20. The molecule has 2 N–H and O–H groups in total. The summed E-state index contributed by atoms with van der Waals surface area (Å²) in [6.45, 7) is 7.20. The molecule has 35 heavy (non-hydrogen) atoms. The summed E-state index contributed by atoms with van der Waals surface area (Å²) >= 11 is 0. The summed E-state index contributed by atoms with van der Waals surface area (Å²) in [6, 6.07) is 13.1. The molecule has 1 atom stereocenters. The van der Waals surface area contributed by atoms with Crippen LogP contribution in [-0.2, 0) is 6.42 Å². The summed E-state index contributed by atoms with van der Waals surface area (Å²) in [5.74, 6) is 1.74. The van der Waals surface area contributed by atoms with Gasteiger partial charge >= 0.3 is 0 Å². The molecule has 0 amide bonds.